The summed E-state index contributed by atoms with van der Waals surface area (Å²) in [5, 5.41) is 6.10. The number of aliphatic imine (C=N–C) groups is 1. The molecule has 2 N–H and O–H groups in total. The lowest BCUT2D eigenvalue weighted by Gasteiger charge is -2.19. The van der Waals surface area contributed by atoms with Crippen molar-refractivity contribution in [3.63, 3.8) is 0 Å². The van der Waals surface area contributed by atoms with E-state index in [2.05, 4.69) is 15.6 Å². The Kier molecular flexibility index (Phi) is 5.46. The molecule has 2 aromatic rings. The number of carbonyl (C=O) groups excluding carboxylic acids is 1. The summed E-state index contributed by atoms with van der Waals surface area (Å²) in [7, 11) is 1.61. The number of guanidine groups is 1. The Morgan fingerprint density at radius 1 is 1.15 bits per heavy atom. The van der Waals surface area contributed by atoms with Gasteiger partial charge in [0, 0.05) is 38.4 Å². The maximum Gasteiger partial charge on any atom is 0.231 e. The van der Waals surface area contributed by atoms with Crippen LogP contribution >= 0.6 is 0 Å². The van der Waals surface area contributed by atoms with Crippen molar-refractivity contribution in [1.82, 2.24) is 10.6 Å². The van der Waals surface area contributed by atoms with Gasteiger partial charge in [0.2, 0.25) is 5.91 Å². The number of hydrogen-bond acceptors (Lipinski definition) is 2. The van der Waals surface area contributed by atoms with E-state index < -0.39 is 11.6 Å². The molecule has 1 amide bonds. The molecule has 136 valence electrons. The number of carbonyl (C=O) groups is 1. The molecule has 0 aliphatic carbocycles. The summed E-state index contributed by atoms with van der Waals surface area (Å²) in [5.74, 6) is -0.660. The third-order valence-electron chi connectivity index (χ3n) is 4.16. The minimum Gasteiger partial charge on any atom is -0.355 e. The van der Waals surface area contributed by atoms with Gasteiger partial charge in [-0.3, -0.25) is 9.79 Å². The fourth-order valence-electron chi connectivity index (χ4n) is 2.97. The third kappa shape index (κ3) is 4.17. The van der Waals surface area contributed by atoms with Gasteiger partial charge in [-0.25, -0.2) is 8.78 Å². The van der Waals surface area contributed by atoms with Gasteiger partial charge in [0.1, 0.15) is 11.6 Å². The van der Waals surface area contributed by atoms with Crippen LogP contribution in [0.4, 0.5) is 14.5 Å². The number of nitrogens with zero attached hydrogens (tertiary/aromatic N) is 2. The van der Waals surface area contributed by atoms with Gasteiger partial charge in [-0.05, 0) is 29.3 Å². The number of nitrogens with one attached hydrogen (secondary N) is 2. The van der Waals surface area contributed by atoms with Crippen LogP contribution in [-0.4, -0.2) is 32.0 Å². The molecule has 0 radical (unpaired) electrons. The van der Waals surface area contributed by atoms with Crippen molar-refractivity contribution in [2.24, 2.45) is 4.99 Å². The van der Waals surface area contributed by atoms with E-state index >= 15 is 0 Å². The van der Waals surface area contributed by atoms with Crippen molar-refractivity contribution in [1.29, 1.82) is 0 Å². The molecule has 1 heterocycles. The lowest BCUT2D eigenvalue weighted by atomic mass is 10.2. The number of para-hydroxylation sites is 1. The van der Waals surface area contributed by atoms with E-state index in [0.29, 0.717) is 31.0 Å². The first kappa shape index (κ1) is 17.8. The standard InChI is InChI=1S/C19H20F2N4O/c1-22-19(24-12-13-8-15(20)11-16(21)9-13)23-6-7-25-17-5-3-2-4-14(17)10-18(25)26/h2-5,8-9,11H,6-7,10,12H2,1H3,(H2,22,23,24). The van der Waals surface area contributed by atoms with Gasteiger partial charge in [0.25, 0.3) is 0 Å². The summed E-state index contributed by atoms with van der Waals surface area (Å²) < 4.78 is 26.4. The van der Waals surface area contributed by atoms with Crippen molar-refractivity contribution in [3.8, 4) is 0 Å². The number of rotatable bonds is 5. The van der Waals surface area contributed by atoms with Gasteiger partial charge in [0.05, 0.1) is 6.42 Å². The zero-order valence-electron chi connectivity index (χ0n) is 14.4. The molecule has 1 aliphatic rings. The minimum absolute atomic E-state index is 0.0752. The van der Waals surface area contributed by atoms with Crippen molar-refractivity contribution < 1.29 is 13.6 Å². The molecular formula is C19H20F2N4O. The highest BCUT2D eigenvalue weighted by Crippen LogP contribution is 2.27. The Morgan fingerprint density at radius 2 is 1.88 bits per heavy atom. The number of fused-ring (bicyclic) bond motifs is 1. The number of halogens is 2. The maximum atomic E-state index is 13.2. The molecule has 3 rings (SSSR count). The average Bonchev–Trinajstić information content (AvgIpc) is 2.92. The second-order valence-corrected chi connectivity index (χ2v) is 5.98. The van der Waals surface area contributed by atoms with Crippen LogP contribution in [0.1, 0.15) is 11.1 Å². The first-order valence-electron chi connectivity index (χ1n) is 8.34. The first-order chi connectivity index (χ1) is 12.6. The number of benzene rings is 2. The number of anilines is 1. The topological polar surface area (TPSA) is 56.7 Å². The molecule has 0 saturated carbocycles. The second-order valence-electron chi connectivity index (χ2n) is 5.98. The van der Waals surface area contributed by atoms with E-state index in [9.17, 15) is 13.6 Å². The smallest absolute Gasteiger partial charge is 0.231 e. The molecule has 7 heteroatoms. The van der Waals surface area contributed by atoms with Gasteiger partial charge in [-0.2, -0.15) is 0 Å². The minimum atomic E-state index is -0.615. The molecule has 1 aliphatic heterocycles. The Hall–Kier alpha value is -2.96. The van der Waals surface area contributed by atoms with E-state index in [0.717, 1.165) is 17.3 Å². The predicted molar refractivity (Wildman–Crippen MR) is 97.1 cm³/mol. The number of hydrogen-bond donors (Lipinski definition) is 2. The molecule has 26 heavy (non-hydrogen) atoms. The van der Waals surface area contributed by atoms with Gasteiger partial charge in [-0.15, -0.1) is 0 Å². The monoisotopic (exact) mass is 358 g/mol. The lowest BCUT2D eigenvalue weighted by Crippen LogP contribution is -2.42. The van der Waals surface area contributed by atoms with E-state index in [1.54, 1.807) is 11.9 Å². The van der Waals surface area contributed by atoms with Gasteiger partial charge in [-0.1, -0.05) is 18.2 Å². The van der Waals surface area contributed by atoms with Crippen molar-refractivity contribution in [3.05, 3.63) is 65.2 Å². The Bertz CT molecular complexity index is 818. The highest BCUT2D eigenvalue weighted by molar-refractivity contribution is 6.01. The van der Waals surface area contributed by atoms with Crippen LogP contribution in [0.3, 0.4) is 0 Å². The van der Waals surface area contributed by atoms with Crippen LogP contribution in [0.15, 0.2) is 47.5 Å². The summed E-state index contributed by atoms with van der Waals surface area (Å²) in [6.07, 6.45) is 0.425. The highest BCUT2D eigenvalue weighted by Gasteiger charge is 2.26. The van der Waals surface area contributed by atoms with Crippen LogP contribution in [0.5, 0.6) is 0 Å². The van der Waals surface area contributed by atoms with Crippen molar-refractivity contribution in [2.45, 2.75) is 13.0 Å². The maximum absolute atomic E-state index is 13.2. The molecular weight excluding hydrogens is 338 g/mol. The zero-order valence-corrected chi connectivity index (χ0v) is 14.4. The Morgan fingerprint density at radius 3 is 2.62 bits per heavy atom. The second kappa shape index (κ2) is 7.95. The van der Waals surface area contributed by atoms with E-state index in [-0.39, 0.29) is 12.5 Å². The first-order valence-corrected chi connectivity index (χ1v) is 8.34. The van der Waals surface area contributed by atoms with Crippen LogP contribution in [0, 0.1) is 11.6 Å². The summed E-state index contributed by atoms with van der Waals surface area (Å²) in [6, 6.07) is 11.1. The number of amides is 1. The summed E-state index contributed by atoms with van der Waals surface area (Å²) >= 11 is 0. The van der Waals surface area contributed by atoms with Crippen LogP contribution in [0.2, 0.25) is 0 Å². The van der Waals surface area contributed by atoms with Crippen molar-refractivity contribution in [2.75, 3.05) is 25.0 Å². The molecule has 0 fully saturated rings. The molecule has 0 unspecified atom stereocenters. The molecule has 0 atom stereocenters. The molecule has 0 spiro atoms. The Balaban J connectivity index is 1.51. The fourth-order valence-corrected chi connectivity index (χ4v) is 2.97. The Labute approximate surface area is 150 Å². The predicted octanol–water partition coefficient (Wildman–Crippen LogP) is 2.22. The molecule has 0 bridgehead atoms. The van der Waals surface area contributed by atoms with Gasteiger partial charge >= 0.3 is 0 Å². The summed E-state index contributed by atoms with van der Waals surface area (Å²) in [5.41, 5.74) is 2.46. The van der Waals surface area contributed by atoms with E-state index in [1.807, 2.05) is 24.3 Å². The lowest BCUT2D eigenvalue weighted by molar-refractivity contribution is -0.117. The van der Waals surface area contributed by atoms with Crippen LogP contribution in [0.25, 0.3) is 0 Å². The van der Waals surface area contributed by atoms with Crippen LogP contribution in [-0.2, 0) is 17.8 Å². The molecule has 0 saturated heterocycles. The van der Waals surface area contributed by atoms with Gasteiger partial charge < -0.3 is 15.5 Å². The molecule has 0 aromatic heterocycles. The van der Waals surface area contributed by atoms with Crippen molar-refractivity contribution >= 4 is 17.6 Å². The quantitative estimate of drug-likeness (QED) is 0.637. The summed E-state index contributed by atoms with van der Waals surface area (Å²) in [4.78, 5) is 18.0. The summed E-state index contributed by atoms with van der Waals surface area (Å²) in [6.45, 7) is 1.24. The molecule has 5 nitrogen and oxygen atoms in total. The SMILES string of the molecule is CN=C(NCCN1C(=O)Cc2ccccc21)NCc1cc(F)cc(F)c1. The van der Waals surface area contributed by atoms with Gasteiger partial charge in [0.15, 0.2) is 5.96 Å². The molecule has 2 aromatic carbocycles. The average molecular weight is 358 g/mol. The van der Waals surface area contributed by atoms with Crippen LogP contribution < -0.4 is 15.5 Å². The largest absolute Gasteiger partial charge is 0.355 e. The zero-order chi connectivity index (χ0) is 18.5. The fraction of sp³-hybridized carbons (Fsp3) is 0.263. The third-order valence-corrected chi connectivity index (χ3v) is 4.16. The van der Waals surface area contributed by atoms with E-state index in [1.165, 1.54) is 12.1 Å². The van der Waals surface area contributed by atoms with E-state index in [4.69, 9.17) is 0 Å². The normalized spacial score (nSPS) is 13.7. The highest BCUT2D eigenvalue weighted by atomic mass is 19.1.